The Morgan fingerprint density at radius 3 is 2.48 bits per heavy atom. The van der Waals surface area contributed by atoms with Gasteiger partial charge in [-0.05, 0) is 31.1 Å². The first-order chi connectivity index (χ1) is 10.2. The average molecular weight is 289 g/mol. The summed E-state index contributed by atoms with van der Waals surface area (Å²) in [6.07, 6.45) is 9.20. The number of rotatable bonds is 6. The zero-order valence-corrected chi connectivity index (χ0v) is 12.9. The molecule has 2 saturated carbocycles. The molecule has 0 bridgehead atoms. The van der Waals surface area contributed by atoms with Gasteiger partial charge in [0.25, 0.3) is 0 Å². The van der Waals surface area contributed by atoms with E-state index in [9.17, 15) is 0 Å². The molecule has 2 fully saturated rings. The van der Waals surface area contributed by atoms with E-state index in [0.29, 0.717) is 11.7 Å². The third kappa shape index (κ3) is 4.06. The van der Waals surface area contributed by atoms with E-state index in [1.165, 1.54) is 44.9 Å². The van der Waals surface area contributed by atoms with Crippen molar-refractivity contribution < 1.29 is 0 Å². The van der Waals surface area contributed by atoms with E-state index in [1.807, 2.05) is 6.07 Å². The minimum absolute atomic E-state index is 0.540. The monoisotopic (exact) mass is 289 g/mol. The first-order valence-corrected chi connectivity index (χ1v) is 8.34. The highest BCUT2D eigenvalue weighted by Gasteiger charge is 2.27. The summed E-state index contributed by atoms with van der Waals surface area (Å²) < 4.78 is 0. The van der Waals surface area contributed by atoms with Crippen LogP contribution in [0.5, 0.6) is 0 Å². The SMILES string of the molecule is CC1CCC(CCNc2cc(NN)nc(C3CC3)n2)CC1. The molecule has 0 unspecified atom stereocenters. The van der Waals surface area contributed by atoms with Crippen molar-refractivity contribution >= 4 is 11.6 Å². The van der Waals surface area contributed by atoms with E-state index in [-0.39, 0.29) is 0 Å². The number of hydrazine groups is 1. The fraction of sp³-hybridized carbons (Fsp3) is 0.750. The van der Waals surface area contributed by atoms with Crippen LogP contribution in [0.3, 0.4) is 0 Å². The number of nitrogens with two attached hydrogens (primary N) is 1. The Bertz CT molecular complexity index is 464. The Kier molecular flexibility index (Phi) is 4.58. The molecule has 5 nitrogen and oxygen atoms in total. The standard InChI is InChI=1S/C16H27N5/c1-11-2-4-12(5-3-11)8-9-18-14-10-15(21-17)20-16(19-14)13-6-7-13/h10-13H,2-9,17H2,1H3,(H2,18,19,20,21). The molecule has 0 atom stereocenters. The molecule has 21 heavy (non-hydrogen) atoms. The third-order valence-corrected chi connectivity index (χ3v) is 4.83. The van der Waals surface area contributed by atoms with Crippen LogP contribution in [0.15, 0.2) is 6.07 Å². The lowest BCUT2D eigenvalue weighted by atomic mass is 9.81. The summed E-state index contributed by atoms with van der Waals surface area (Å²) in [6.45, 7) is 3.36. The highest BCUT2D eigenvalue weighted by atomic mass is 15.3. The minimum atomic E-state index is 0.540. The molecule has 2 aliphatic carbocycles. The van der Waals surface area contributed by atoms with Crippen LogP contribution >= 0.6 is 0 Å². The molecule has 5 heteroatoms. The van der Waals surface area contributed by atoms with Crippen LogP contribution in [0.4, 0.5) is 11.6 Å². The smallest absolute Gasteiger partial charge is 0.145 e. The average Bonchev–Trinajstić information content (AvgIpc) is 3.34. The van der Waals surface area contributed by atoms with Gasteiger partial charge in [-0.15, -0.1) is 0 Å². The second kappa shape index (κ2) is 6.60. The Morgan fingerprint density at radius 2 is 1.81 bits per heavy atom. The van der Waals surface area contributed by atoms with Gasteiger partial charge in [0.05, 0.1) is 0 Å². The molecular weight excluding hydrogens is 262 g/mol. The lowest BCUT2D eigenvalue weighted by Crippen LogP contribution is -2.17. The largest absolute Gasteiger partial charge is 0.370 e. The van der Waals surface area contributed by atoms with Gasteiger partial charge in [0.2, 0.25) is 0 Å². The zero-order valence-electron chi connectivity index (χ0n) is 12.9. The second-order valence-corrected chi connectivity index (χ2v) is 6.76. The molecule has 1 aromatic heterocycles. The van der Waals surface area contributed by atoms with Crippen LogP contribution in [0.2, 0.25) is 0 Å². The first kappa shape index (κ1) is 14.6. The maximum Gasteiger partial charge on any atom is 0.145 e. The van der Waals surface area contributed by atoms with E-state index >= 15 is 0 Å². The number of nitrogens with one attached hydrogen (secondary N) is 2. The third-order valence-electron chi connectivity index (χ3n) is 4.83. The van der Waals surface area contributed by atoms with Gasteiger partial charge in [-0.3, -0.25) is 0 Å². The van der Waals surface area contributed by atoms with Crippen LogP contribution in [0, 0.1) is 11.8 Å². The van der Waals surface area contributed by atoms with E-state index in [4.69, 9.17) is 5.84 Å². The molecular formula is C16H27N5. The van der Waals surface area contributed by atoms with Gasteiger partial charge >= 0.3 is 0 Å². The van der Waals surface area contributed by atoms with Crippen molar-refractivity contribution in [2.24, 2.45) is 17.7 Å². The Labute approximate surface area is 127 Å². The molecule has 0 amide bonds. The highest BCUT2D eigenvalue weighted by molar-refractivity contribution is 5.47. The van der Waals surface area contributed by atoms with Crippen molar-refractivity contribution in [1.82, 2.24) is 9.97 Å². The topological polar surface area (TPSA) is 75.9 Å². The Balaban J connectivity index is 1.51. The van der Waals surface area contributed by atoms with Crippen molar-refractivity contribution in [1.29, 1.82) is 0 Å². The first-order valence-electron chi connectivity index (χ1n) is 8.34. The van der Waals surface area contributed by atoms with Crippen LogP contribution < -0.4 is 16.6 Å². The van der Waals surface area contributed by atoms with Gasteiger partial charge < -0.3 is 10.7 Å². The summed E-state index contributed by atoms with van der Waals surface area (Å²) in [6, 6.07) is 1.90. The molecule has 0 radical (unpaired) electrons. The maximum atomic E-state index is 5.50. The van der Waals surface area contributed by atoms with Crippen LogP contribution in [-0.2, 0) is 0 Å². The summed E-state index contributed by atoms with van der Waals surface area (Å²) in [5, 5.41) is 3.45. The van der Waals surface area contributed by atoms with E-state index in [2.05, 4.69) is 27.6 Å². The summed E-state index contributed by atoms with van der Waals surface area (Å²) in [5.41, 5.74) is 2.64. The molecule has 0 aromatic carbocycles. The van der Waals surface area contributed by atoms with E-state index in [1.54, 1.807) is 0 Å². The van der Waals surface area contributed by atoms with Crippen molar-refractivity contribution in [3.63, 3.8) is 0 Å². The van der Waals surface area contributed by atoms with E-state index in [0.717, 1.165) is 30.0 Å². The van der Waals surface area contributed by atoms with Gasteiger partial charge in [0, 0.05) is 18.5 Å². The summed E-state index contributed by atoms with van der Waals surface area (Å²) in [5.74, 6) is 10.4. The summed E-state index contributed by atoms with van der Waals surface area (Å²) in [4.78, 5) is 9.05. The molecule has 4 N–H and O–H groups in total. The number of hydrogen-bond donors (Lipinski definition) is 3. The van der Waals surface area contributed by atoms with Crippen molar-refractivity contribution in [3.05, 3.63) is 11.9 Å². The van der Waals surface area contributed by atoms with Crippen LogP contribution in [-0.4, -0.2) is 16.5 Å². The predicted molar refractivity (Wildman–Crippen MR) is 86.0 cm³/mol. The fourth-order valence-electron chi connectivity index (χ4n) is 3.18. The number of hydrogen-bond acceptors (Lipinski definition) is 5. The molecule has 1 aromatic rings. The zero-order chi connectivity index (χ0) is 14.7. The molecule has 0 aliphatic heterocycles. The second-order valence-electron chi connectivity index (χ2n) is 6.76. The van der Waals surface area contributed by atoms with Crippen molar-refractivity contribution in [2.75, 3.05) is 17.3 Å². The molecule has 2 aliphatic rings. The molecule has 116 valence electrons. The Morgan fingerprint density at radius 1 is 1.10 bits per heavy atom. The normalized spacial score (nSPS) is 25.6. The minimum Gasteiger partial charge on any atom is -0.370 e. The molecule has 0 spiro atoms. The highest BCUT2D eigenvalue weighted by Crippen LogP contribution is 2.38. The number of nitrogens with zero attached hydrogens (tertiary/aromatic N) is 2. The van der Waals surface area contributed by atoms with Crippen LogP contribution in [0.1, 0.15) is 63.6 Å². The van der Waals surface area contributed by atoms with Gasteiger partial charge in [0.1, 0.15) is 17.5 Å². The van der Waals surface area contributed by atoms with Gasteiger partial charge in [0.15, 0.2) is 0 Å². The van der Waals surface area contributed by atoms with Gasteiger partial charge in [-0.2, -0.15) is 0 Å². The quantitative estimate of drug-likeness (QED) is 0.553. The summed E-state index contributed by atoms with van der Waals surface area (Å²) >= 11 is 0. The van der Waals surface area contributed by atoms with Crippen molar-refractivity contribution in [3.8, 4) is 0 Å². The predicted octanol–water partition coefficient (Wildman–Crippen LogP) is 3.27. The summed E-state index contributed by atoms with van der Waals surface area (Å²) in [7, 11) is 0. The number of aromatic nitrogens is 2. The maximum absolute atomic E-state index is 5.50. The fourth-order valence-corrected chi connectivity index (χ4v) is 3.18. The molecule has 0 saturated heterocycles. The van der Waals surface area contributed by atoms with Gasteiger partial charge in [-0.25, -0.2) is 15.8 Å². The lowest BCUT2D eigenvalue weighted by molar-refractivity contribution is 0.282. The van der Waals surface area contributed by atoms with Gasteiger partial charge in [-0.1, -0.05) is 32.6 Å². The number of nitrogen functional groups attached to an aromatic ring is 1. The van der Waals surface area contributed by atoms with Crippen LogP contribution in [0.25, 0.3) is 0 Å². The van der Waals surface area contributed by atoms with Crippen molar-refractivity contribution in [2.45, 2.75) is 57.8 Å². The molecule has 1 heterocycles. The number of anilines is 2. The Hall–Kier alpha value is -1.36. The lowest BCUT2D eigenvalue weighted by Gasteiger charge is -2.26. The molecule has 3 rings (SSSR count). The van der Waals surface area contributed by atoms with E-state index < -0.39 is 0 Å².